The molecule has 0 bridgehead atoms. The van der Waals surface area contributed by atoms with E-state index >= 15 is 0 Å². The fraction of sp³-hybridized carbons (Fsp3) is 0.333. The molecule has 74 valence electrons. The van der Waals surface area contributed by atoms with E-state index in [1.54, 1.807) is 0 Å². The SMILES string of the molecule is CN(C)c1cccc(C#CCCS)c1. The molecular weight excluding hydrogens is 190 g/mol. The molecule has 1 rings (SSSR count). The summed E-state index contributed by atoms with van der Waals surface area (Å²) in [4.78, 5) is 2.07. The van der Waals surface area contributed by atoms with Crippen molar-refractivity contribution in [3.05, 3.63) is 29.8 Å². The monoisotopic (exact) mass is 205 g/mol. The summed E-state index contributed by atoms with van der Waals surface area (Å²) >= 11 is 4.11. The van der Waals surface area contributed by atoms with Gasteiger partial charge in [0.2, 0.25) is 0 Å². The van der Waals surface area contributed by atoms with Crippen LogP contribution in [0.3, 0.4) is 0 Å². The number of benzene rings is 1. The van der Waals surface area contributed by atoms with Crippen molar-refractivity contribution in [2.45, 2.75) is 6.42 Å². The Bertz CT molecular complexity index is 347. The minimum absolute atomic E-state index is 0.820. The lowest BCUT2D eigenvalue weighted by molar-refractivity contribution is 1.13. The van der Waals surface area contributed by atoms with Gasteiger partial charge in [-0.25, -0.2) is 0 Å². The molecule has 0 spiro atoms. The maximum atomic E-state index is 4.11. The summed E-state index contributed by atoms with van der Waals surface area (Å²) in [7, 11) is 4.06. The van der Waals surface area contributed by atoms with Gasteiger partial charge in [-0.05, 0) is 18.2 Å². The predicted molar refractivity (Wildman–Crippen MR) is 66.1 cm³/mol. The molecule has 1 aromatic carbocycles. The molecule has 1 aromatic rings. The van der Waals surface area contributed by atoms with Crippen LogP contribution in [-0.2, 0) is 0 Å². The first kappa shape index (κ1) is 11.0. The smallest absolute Gasteiger partial charge is 0.0373 e. The van der Waals surface area contributed by atoms with Gasteiger partial charge in [-0.3, -0.25) is 0 Å². The fourth-order valence-electron chi connectivity index (χ4n) is 1.08. The molecule has 0 aromatic heterocycles. The van der Waals surface area contributed by atoms with Crippen LogP contribution in [0.1, 0.15) is 12.0 Å². The van der Waals surface area contributed by atoms with E-state index in [0.717, 1.165) is 17.7 Å². The van der Waals surface area contributed by atoms with Crippen molar-refractivity contribution in [2.75, 3.05) is 24.7 Å². The fourth-order valence-corrected chi connectivity index (χ4v) is 1.19. The second-order valence-electron chi connectivity index (χ2n) is 3.22. The molecule has 0 unspecified atom stereocenters. The zero-order valence-electron chi connectivity index (χ0n) is 8.62. The highest BCUT2D eigenvalue weighted by Gasteiger charge is 1.94. The van der Waals surface area contributed by atoms with Crippen molar-refractivity contribution >= 4 is 18.3 Å². The molecule has 0 aliphatic carbocycles. The first-order chi connectivity index (χ1) is 6.74. The number of nitrogens with zero attached hydrogens (tertiary/aromatic N) is 1. The number of rotatable bonds is 2. The Morgan fingerprint density at radius 2 is 2.14 bits per heavy atom. The van der Waals surface area contributed by atoms with E-state index in [1.165, 1.54) is 5.69 Å². The van der Waals surface area contributed by atoms with Crippen LogP contribution in [0.15, 0.2) is 24.3 Å². The van der Waals surface area contributed by atoms with E-state index in [0.29, 0.717) is 0 Å². The van der Waals surface area contributed by atoms with E-state index in [4.69, 9.17) is 0 Å². The first-order valence-corrected chi connectivity index (χ1v) is 5.24. The highest BCUT2D eigenvalue weighted by atomic mass is 32.1. The van der Waals surface area contributed by atoms with Gasteiger partial charge in [-0.2, -0.15) is 12.6 Å². The number of hydrogen-bond acceptors (Lipinski definition) is 2. The molecule has 2 heteroatoms. The van der Waals surface area contributed by atoms with Crippen LogP contribution in [0.4, 0.5) is 5.69 Å². The van der Waals surface area contributed by atoms with Gasteiger partial charge < -0.3 is 4.90 Å². The molecular formula is C12H15NS. The maximum absolute atomic E-state index is 4.11. The molecule has 0 amide bonds. The maximum Gasteiger partial charge on any atom is 0.0373 e. The van der Waals surface area contributed by atoms with Crippen molar-refractivity contribution in [3.8, 4) is 11.8 Å². The van der Waals surface area contributed by atoms with Crippen molar-refractivity contribution in [2.24, 2.45) is 0 Å². The minimum Gasteiger partial charge on any atom is -0.378 e. The Morgan fingerprint density at radius 3 is 2.79 bits per heavy atom. The van der Waals surface area contributed by atoms with Gasteiger partial charge in [0, 0.05) is 37.5 Å². The zero-order chi connectivity index (χ0) is 10.4. The Labute approximate surface area is 91.5 Å². The van der Waals surface area contributed by atoms with Crippen LogP contribution in [-0.4, -0.2) is 19.8 Å². The molecule has 0 radical (unpaired) electrons. The molecule has 0 atom stereocenters. The first-order valence-electron chi connectivity index (χ1n) is 4.61. The highest BCUT2D eigenvalue weighted by Crippen LogP contribution is 2.12. The molecule has 0 aliphatic heterocycles. The summed E-state index contributed by atoms with van der Waals surface area (Å²) in [5.74, 6) is 7.01. The van der Waals surface area contributed by atoms with E-state index in [1.807, 2.05) is 26.2 Å². The number of anilines is 1. The van der Waals surface area contributed by atoms with E-state index in [2.05, 4.69) is 41.5 Å². The highest BCUT2D eigenvalue weighted by molar-refractivity contribution is 7.80. The molecule has 0 saturated heterocycles. The number of thiol groups is 1. The van der Waals surface area contributed by atoms with E-state index in [9.17, 15) is 0 Å². The Kier molecular flexibility index (Phi) is 4.42. The van der Waals surface area contributed by atoms with Gasteiger partial charge >= 0.3 is 0 Å². The molecule has 0 aliphatic rings. The van der Waals surface area contributed by atoms with Crippen molar-refractivity contribution in [1.82, 2.24) is 0 Å². The van der Waals surface area contributed by atoms with Crippen molar-refractivity contribution in [3.63, 3.8) is 0 Å². The predicted octanol–water partition coefficient (Wildman–Crippen LogP) is 2.42. The molecule has 0 heterocycles. The number of hydrogen-bond donors (Lipinski definition) is 1. The van der Waals surface area contributed by atoms with Crippen LogP contribution >= 0.6 is 12.6 Å². The van der Waals surface area contributed by atoms with E-state index in [-0.39, 0.29) is 0 Å². The third kappa shape index (κ3) is 3.35. The Morgan fingerprint density at radius 1 is 1.36 bits per heavy atom. The molecule has 0 fully saturated rings. The molecule has 14 heavy (non-hydrogen) atoms. The van der Waals surface area contributed by atoms with Crippen LogP contribution < -0.4 is 4.90 Å². The van der Waals surface area contributed by atoms with Gasteiger partial charge in [-0.15, -0.1) is 0 Å². The van der Waals surface area contributed by atoms with Crippen LogP contribution in [0.2, 0.25) is 0 Å². The summed E-state index contributed by atoms with van der Waals surface area (Å²) < 4.78 is 0. The van der Waals surface area contributed by atoms with Crippen molar-refractivity contribution < 1.29 is 0 Å². The lowest BCUT2D eigenvalue weighted by Crippen LogP contribution is -2.08. The normalized spacial score (nSPS) is 9.07. The zero-order valence-corrected chi connectivity index (χ0v) is 9.51. The lowest BCUT2D eigenvalue weighted by atomic mass is 10.2. The second-order valence-corrected chi connectivity index (χ2v) is 3.67. The average molecular weight is 205 g/mol. The van der Waals surface area contributed by atoms with Gasteiger partial charge in [0.15, 0.2) is 0 Å². The Hall–Kier alpha value is -1.07. The standard InChI is InChI=1S/C12H15NS/c1-13(2)12-8-5-7-11(10-12)6-3-4-9-14/h5,7-8,10,14H,4,9H2,1-2H3. The summed E-state index contributed by atoms with van der Waals surface area (Å²) in [6.07, 6.45) is 0.843. The molecule has 1 nitrogen and oxygen atoms in total. The van der Waals surface area contributed by atoms with E-state index < -0.39 is 0 Å². The Balaban J connectivity index is 2.80. The van der Waals surface area contributed by atoms with Crippen molar-refractivity contribution in [1.29, 1.82) is 0 Å². The van der Waals surface area contributed by atoms with Crippen LogP contribution in [0.25, 0.3) is 0 Å². The van der Waals surface area contributed by atoms with Gasteiger partial charge in [0.25, 0.3) is 0 Å². The average Bonchev–Trinajstić information content (AvgIpc) is 2.19. The summed E-state index contributed by atoms with van der Waals surface area (Å²) in [6, 6.07) is 8.22. The lowest BCUT2D eigenvalue weighted by Gasteiger charge is -2.11. The van der Waals surface area contributed by atoms with Crippen LogP contribution in [0.5, 0.6) is 0 Å². The molecule has 0 N–H and O–H groups in total. The third-order valence-corrected chi connectivity index (χ3v) is 2.06. The van der Waals surface area contributed by atoms with Gasteiger partial charge in [0.1, 0.15) is 0 Å². The summed E-state index contributed by atoms with van der Waals surface area (Å²) in [5.41, 5.74) is 2.25. The van der Waals surface area contributed by atoms with Gasteiger partial charge in [-0.1, -0.05) is 17.9 Å². The topological polar surface area (TPSA) is 3.24 Å². The third-order valence-electron chi connectivity index (χ3n) is 1.83. The second kappa shape index (κ2) is 5.62. The summed E-state index contributed by atoms with van der Waals surface area (Å²) in [5, 5.41) is 0. The quantitative estimate of drug-likeness (QED) is 0.573. The van der Waals surface area contributed by atoms with Gasteiger partial charge in [0.05, 0.1) is 0 Å². The summed E-state index contributed by atoms with van der Waals surface area (Å²) in [6.45, 7) is 0. The molecule has 0 saturated carbocycles. The largest absolute Gasteiger partial charge is 0.378 e. The minimum atomic E-state index is 0.820. The van der Waals surface area contributed by atoms with Crippen LogP contribution in [0, 0.1) is 11.8 Å².